The van der Waals surface area contributed by atoms with E-state index in [0.717, 1.165) is 12.1 Å². The zero-order valence-electron chi connectivity index (χ0n) is 14.7. The lowest BCUT2D eigenvalue weighted by Gasteiger charge is -2.17. The molecule has 1 N–H and O–H groups in total. The second kappa shape index (κ2) is 5.99. The van der Waals surface area contributed by atoms with E-state index < -0.39 is 0 Å². The van der Waals surface area contributed by atoms with Crippen molar-refractivity contribution in [3.8, 4) is 0 Å². The zero-order chi connectivity index (χ0) is 17.5. The molecule has 0 aliphatic carbocycles. The summed E-state index contributed by atoms with van der Waals surface area (Å²) in [7, 11) is 0. The fraction of sp³-hybridized carbons (Fsp3) is 0.125. The van der Waals surface area contributed by atoms with Crippen LogP contribution in [0, 0.1) is 6.92 Å². The van der Waals surface area contributed by atoms with Crippen LogP contribution >= 0.6 is 0 Å². The molecule has 2 nitrogen and oxygen atoms in total. The Bertz CT molecular complexity index is 1090. The van der Waals surface area contributed by atoms with Gasteiger partial charge < -0.3 is 5.43 Å². The summed E-state index contributed by atoms with van der Waals surface area (Å²) < 4.78 is 0. The summed E-state index contributed by atoms with van der Waals surface area (Å²) in [5.41, 5.74) is 8.37. The first-order valence-corrected chi connectivity index (χ1v) is 9.09. The van der Waals surface area contributed by atoms with Crippen LogP contribution in [0.3, 0.4) is 0 Å². The van der Waals surface area contributed by atoms with Crippen molar-refractivity contribution >= 4 is 27.3 Å². The summed E-state index contributed by atoms with van der Waals surface area (Å²) in [5.74, 6) is 0. The fourth-order valence-electron chi connectivity index (χ4n) is 3.96. The van der Waals surface area contributed by atoms with Gasteiger partial charge >= 0.3 is 0 Å². The van der Waals surface area contributed by atoms with Gasteiger partial charge in [-0.05, 0) is 45.7 Å². The molecular formula is C24H20N2. The van der Waals surface area contributed by atoms with Gasteiger partial charge in [0.1, 0.15) is 0 Å². The lowest BCUT2D eigenvalue weighted by Crippen LogP contribution is -2.11. The van der Waals surface area contributed by atoms with Gasteiger partial charge in [-0.2, -0.15) is 5.10 Å². The van der Waals surface area contributed by atoms with Crippen molar-refractivity contribution in [3.05, 3.63) is 95.6 Å². The monoisotopic (exact) mass is 336 g/mol. The predicted octanol–water partition coefficient (Wildman–Crippen LogP) is 5.74. The molecule has 1 unspecified atom stereocenters. The average Bonchev–Trinajstić information content (AvgIpc) is 3.16. The van der Waals surface area contributed by atoms with Gasteiger partial charge in [0, 0.05) is 6.42 Å². The molecule has 0 saturated carbocycles. The number of hydrogen-bond donors (Lipinski definition) is 1. The summed E-state index contributed by atoms with van der Waals surface area (Å²) in [6.07, 6.45) is 0.904. The van der Waals surface area contributed by atoms with Gasteiger partial charge in [-0.15, -0.1) is 0 Å². The normalized spacial score (nSPS) is 16.7. The summed E-state index contributed by atoms with van der Waals surface area (Å²) in [4.78, 5) is 0. The van der Waals surface area contributed by atoms with Crippen molar-refractivity contribution in [2.45, 2.75) is 19.4 Å². The van der Waals surface area contributed by atoms with Crippen molar-refractivity contribution in [3.63, 3.8) is 0 Å². The van der Waals surface area contributed by atoms with E-state index in [2.05, 4.69) is 96.3 Å². The van der Waals surface area contributed by atoms with E-state index in [1.165, 1.54) is 38.2 Å². The summed E-state index contributed by atoms with van der Waals surface area (Å²) in [6, 6.07) is 28.4. The number of hydrogen-bond acceptors (Lipinski definition) is 2. The molecule has 0 radical (unpaired) electrons. The molecule has 0 amide bonds. The number of nitrogens with zero attached hydrogens (tertiary/aromatic N) is 1. The smallest absolute Gasteiger partial charge is 0.0757 e. The molecule has 5 rings (SSSR count). The van der Waals surface area contributed by atoms with E-state index in [0.29, 0.717) is 0 Å². The standard InChI is InChI=1S/C24H20N2/c1-16-10-12-17(13-11-16)22-15-23(26-25-22)24-20-8-4-2-6-18(20)14-19-7-3-5-9-21(19)24/h2-14,23,26H,15H2,1H3. The maximum absolute atomic E-state index is 4.67. The topological polar surface area (TPSA) is 24.4 Å². The van der Waals surface area contributed by atoms with Gasteiger partial charge in [0.15, 0.2) is 0 Å². The number of aryl methyl sites for hydroxylation is 1. The Hall–Kier alpha value is -3.13. The van der Waals surface area contributed by atoms with E-state index in [4.69, 9.17) is 0 Å². The van der Waals surface area contributed by atoms with Crippen molar-refractivity contribution in [2.24, 2.45) is 5.10 Å². The highest BCUT2D eigenvalue weighted by atomic mass is 15.3. The van der Waals surface area contributed by atoms with Crippen LogP contribution in [0.2, 0.25) is 0 Å². The zero-order valence-corrected chi connectivity index (χ0v) is 14.7. The number of rotatable bonds is 2. The fourth-order valence-corrected chi connectivity index (χ4v) is 3.96. The SMILES string of the molecule is Cc1ccc(C2=NNC(c3c4ccccc4cc4ccccc34)C2)cc1. The second-order valence-electron chi connectivity index (χ2n) is 7.04. The minimum atomic E-state index is 0.197. The largest absolute Gasteiger partial charge is 0.302 e. The second-order valence-corrected chi connectivity index (χ2v) is 7.04. The molecule has 2 heteroatoms. The molecule has 26 heavy (non-hydrogen) atoms. The third kappa shape index (κ3) is 2.46. The van der Waals surface area contributed by atoms with Crippen LogP contribution in [-0.2, 0) is 0 Å². The molecule has 126 valence electrons. The third-order valence-corrected chi connectivity index (χ3v) is 5.30. The van der Waals surface area contributed by atoms with Crippen LogP contribution in [0.15, 0.2) is 84.0 Å². The molecule has 1 atom stereocenters. The molecule has 0 aromatic heterocycles. The van der Waals surface area contributed by atoms with E-state index in [-0.39, 0.29) is 6.04 Å². The van der Waals surface area contributed by atoms with Gasteiger partial charge in [-0.3, -0.25) is 0 Å². The van der Waals surface area contributed by atoms with E-state index in [9.17, 15) is 0 Å². The predicted molar refractivity (Wildman–Crippen MR) is 110 cm³/mol. The lowest BCUT2D eigenvalue weighted by atomic mass is 9.90. The Morgan fingerprint density at radius 3 is 2.08 bits per heavy atom. The van der Waals surface area contributed by atoms with E-state index in [1.807, 2.05) is 0 Å². The van der Waals surface area contributed by atoms with E-state index in [1.54, 1.807) is 0 Å². The van der Waals surface area contributed by atoms with Gasteiger partial charge in [-0.25, -0.2) is 0 Å². The highest BCUT2D eigenvalue weighted by Gasteiger charge is 2.24. The van der Waals surface area contributed by atoms with Crippen LogP contribution < -0.4 is 5.43 Å². The van der Waals surface area contributed by atoms with Crippen LogP contribution in [0.5, 0.6) is 0 Å². The molecule has 0 bridgehead atoms. The third-order valence-electron chi connectivity index (χ3n) is 5.30. The highest BCUT2D eigenvalue weighted by Crippen LogP contribution is 2.36. The Morgan fingerprint density at radius 1 is 0.808 bits per heavy atom. The summed E-state index contributed by atoms with van der Waals surface area (Å²) >= 11 is 0. The molecule has 4 aromatic rings. The Balaban J connectivity index is 1.62. The number of nitrogens with one attached hydrogen (secondary N) is 1. The molecule has 0 spiro atoms. The van der Waals surface area contributed by atoms with Crippen LogP contribution in [0.4, 0.5) is 0 Å². The van der Waals surface area contributed by atoms with Gasteiger partial charge in [0.05, 0.1) is 11.8 Å². The lowest BCUT2D eigenvalue weighted by molar-refractivity contribution is 0.628. The maximum atomic E-state index is 4.67. The number of hydrazone groups is 1. The minimum absolute atomic E-state index is 0.197. The van der Waals surface area contributed by atoms with Crippen LogP contribution in [-0.4, -0.2) is 5.71 Å². The first kappa shape index (κ1) is 15.2. The number of benzene rings is 4. The summed E-state index contributed by atoms with van der Waals surface area (Å²) in [6.45, 7) is 2.11. The van der Waals surface area contributed by atoms with Gasteiger partial charge in [0.25, 0.3) is 0 Å². The Morgan fingerprint density at radius 2 is 1.42 bits per heavy atom. The first-order valence-electron chi connectivity index (χ1n) is 9.09. The molecule has 1 heterocycles. The molecule has 0 saturated heterocycles. The van der Waals surface area contributed by atoms with Crippen molar-refractivity contribution in [2.75, 3.05) is 0 Å². The average molecular weight is 336 g/mol. The Kier molecular flexibility index (Phi) is 3.49. The van der Waals surface area contributed by atoms with Gasteiger partial charge in [-0.1, -0.05) is 78.4 Å². The minimum Gasteiger partial charge on any atom is -0.302 e. The molecule has 4 aromatic carbocycles. The van der Waals surface area contributed by atoms with Crippen molar-refractivity contribution in [1.82, 2.24) is 5.43 Å². The maximum Gasteiger partial charge on any atom is 0.0757 e. The van der Waals surface area contributed by atoms with Crippen molar-refractivity contribution < 1.29 is 0 Å². The molecular weight excluding hydrogens is 316 g/mol. The highest BCUT2D eigenvalue weighted by molar-refractivity contribution is 6.05. The molecule has 1 aliphatic heterocycles. The Labute approximate surface area is 153 Å². The van der Waals surface area contributed by atoms with Gasteiger partial charge in [0.2, 0.25) is 0 Å². The number of fused-ring (bicyclic) bond motifs is 2. The molecule has 1 aliphatic rings. The quantitative estimate of drug-likeness (QED) is 0.464. The van der Waals surface area contributed by atoms with Crippen LogP contribution in [0.1, 0.15) is 29.2 Å². The van der Waals surface area contributed by atoms with Crippen molar-refractivity contribution in [1.29, 1.82) is 0 Å². The first-order chi connectivity index (χ1) is 12.8. The summed E-state index contributed by atoms with van der Waals surface area (Å²) in [5, 5.41) is 9.86. The van der Waals surface area contributed by atoms with E-state index >= 15 is 0 Å². The van der Waals surface area contributed by atoms with Crippen LogP contribution in [0.25, 0.3) is 21.5 Å². The molecule has 0 fully saturated rings.